The van der Waals surface area contributed by atoms with Gasteiger partial charge in [0.1, 0.15) is 17.9 Å². The van der Waals surface area contributed by atoms with Gasteiger partial charge < -0.3 is 30.7 Å². The fourth-order valence-corrected chi connectivity index (χ4v) is 2.96. The lowest BCUT2D eigenvalue weighted by atomic mass is 9.78. The molecule has 1 saturated heterocycles. The molecule has 9 nitrogen and oxygen atoms in total. The van der Waals surface area contributed by atoms with Gasteiger partial charge in [-0.25, -0.2) is 0 Å². The summed E-state index contributed by atoms with van der Waals surface area (Å²) in [7, 11) is -0.338. The van der Waals surface area contributed by atoms with Crippen molar-refractivity contribution >= 4 is 18.5 Å². The van der Waals surface area contributed by atoms with Gasteiger partial charge in [-0.05, 0) is 0 Å². The Morgan fingerprint density at radius 3 is 2.58 bits per heavy atom. The molecule has 0 radical (unpaired) electrons. The maximum Gasteiger partial charge on any atom is 0.492 e. The number of amides is 1. The van der Waals surface area contributed by atoms with Crippen LogP contribution in [0.1, 0.15) is 5.56 Å². The normalized spacial score (nSPS) is 24.1. The Morgan fingerprint density at radius 1 is 1.38 bits per heavy atom. The summed E-state index contributed by atoms with van der Waals surface area (Å²) in [6.45, 7) is -0.704. The van der Waals surface area contributed by atoms with Crippen molar-refractivity contribution in [2.45, 2.75) is 18.7 Å². The van der Waals surface area contributed by atoms with Gasteiger partial charge in [-0.3, -0.25) is 9.63 Å². The second-order valence-corrected chi connectivity index (χ2v) is 5.51. The van der Waals surface area contributed by atoms with Crippen molar-refractivity contribution in [1.29, 1.82) is 0 Å². The molecule has 10 heteroatoms. The molecular weight excluding hydrogens is 319 g/mol. The second kappa shape index (κ2) is 7.93. The Bertz CT molecular complexity index is 586. The van der Waals surface area contributed by atoms with Crippen LogP contribution >= 0.6 is 0 Å². The number of para-hydroxylation sites is 1. The number of hydrogen-bond donors (Lipinski definition) is 5. The van der Waals surface area contributed by atoms with Gasteiger partial charge in [-0.2, -0.15) is 5.06 Å². The van der Waals surface area contributed by atoms with Crippen molar-refractivity contribution in [2.24, 2.45) is 11.7 Å². The Morgan fingerprint density at radius 2 is 2.08 bits per heavy atom. The SMILES string of the molecule is COc1c(CN2O[C@@H](CO)[C@@H](CO)C2C(N)=O)cccc1B(O)O. The molecule has 1 unspecified atom stereocenters. The van der Waals surface area contributed by atoms with E-state index in [1.54, 1.807) is 12.1 Å². The van der Waals surface area contributed by atoms with Crippen LogP contribution in [-0.4, -0.2) is 70.8 Å². The fraction of sp³-hybridized carbons (Fsp3) is 0.500. The smallest absolute Gasteiger partial charge is 0.492 e. The maximum atomic E-state index is 11.8. The largest absolute Gasteiger partial charge is 0.497 e. The highest BCUT2D eigenvalue weighted by Crippen LogP contribution is 2.30. The zero-order valence-electron chi connectivity index (χ0n) is 13.2. The Kier molecular flexibility index (Phi) is 6.16. The van der Waals surface area contributed by atoms with Crippen molar-refractivity contribution in [3.8, 4) is 5.75 Å². The first-order valence-corrected chi connectivity index (χ1v) is 7.40. The lowest BCUT2D eigenvalue weighted by molar-refractivity contribution is -0.180. The van der Waals surface area contributed by atoms with E-state index < -0.39 is 31.1 Å². The number of aliphatic hydroxyl groups excluding tert-OH is 2. The highest BCUT2D eigenvalue weighted by atomic mass is 16.7. The molecular formula is C14H21BN2O7. The van der Waals surface area contributed by atoms with Crippen LogP contribution in [0.2, 0.25) is 0 Å². The molecule has 24 heavy (non-hydrogen) atoms. The van der Waals surface area contributed by atoms with E-state index in [-0.39, 0.29) is 31.0 Å². The molecule has 0 saturated carbocycles. The molecule has 0 aliphatic carbocycles. The monoisotopic (exact) mass is 340 g/mol. The number of ether oxygens (including phenoxy) is 1. The fourth-order valence-electron chi connectivity index (χ4n) is 2.96. The van der Waals surface area contributed by atoms with E-state index in [2.05, 4.69) is 0 Å². The van der Waals surface area contributed by atoms with E-state index in [0.29, 0.717) is 5.56 Å². The molecule has 1 heterocycles. The van der Waals surface area contributed by atoms with E-state index >= 15 is 0 Å². The third kappa shape index (κ3) is 3.53. The first-order valence-electron chi connectivity index (χ1n) is 7.40. The maximum absolute atomic E-state index is 11.8. The van der Waals surface area contributed by atoms with Gasteiger partial charge in [0.25, 0.3) is 0 Å². The van der Waals surface area contributed by atoms with Crippen LogP contribution < -0.4 is 15.9 Å². The van der Waals surface area contributed by atoms with Crippen molar-refractivity contribution in [3.63, 3.8) is 0 Å². The van der Waals surface area contributed by atoms with E-state index in [4.69, 9.17) is 15.3 Å². The Balaban J connectivity index is 2.33. The van der Waals surface area contributed by atoms with Crippen LogP contribution in [0.3, 0.4) is 0 Å². The summed E-state index contributed by atoms with van der Waals surface area (Å²) in [5.41, 5.74) is 6.11. The molecule has 1 amide bonds. The quantitative estimate of drug-likeness (QED) is 0.329. The second-order valence-electron chi connectivity index (χ2n) is 5.51. The number of nitrogens with zero attached hydrogens (tertiary/aromatic N) is 1. The predicted molar refractivity (Wildman–Crippen MR) is 83.9 cm³/mol. The molecule has 1 aliphatic heterocycles. The molecule has 0 aromatic heterocycles. The molecule has 0 bridgehead atoms. The number of carbonyl (C=O) groups excluding carboxylic acids is 1. The summed E-state index contributed by atoms with van der Waals surface area (Å²) in [6.07, 6.45) is -0.759. The minimum absolute atomic E-state index is 0.0460. The summed E-state index contributed by atoms with van der Waals surface area (Å²) >= 11 is 0. The van der Waals surface area contributed by atoms with Crippen molar-refractivity contribution in [3.05, 3.63) is 23.8 Å². The lowest BCUT2D eigenvalue weighted by Crippen LogP contribution is -2.44. The highest BCUT2D eigenvalue weighted by molar-refractivity contribution is 6.59. The van der Waals surface area contributed by atoms with E-state index in [1.807, 2.05) is 0 Å². The first-order chi connectivity index (χ1) is 11.4. The van der Waals surface area contributed by atoms with Crippen LogP contribution in [0, 0.1) is 5.92 Å². The standard InChI is InChI=1S/C14H21BN2O7/c1-23-13-8(3-2-4-10(13)15(21)22)5-17-12(14(16)20)9(6-18)11(7-19)24-17/h2-4,9,11-12,18-19,21-22H,5-7H2,1H3,(H2,16,20)/t9-,11+,12?/m1/s1. The number of carbonyl (C=O) groups is 1. The third-order valence-corrected chi connectivity index (χ3v) is 4.08. The molecule has 1 aromatic carbocycles. The average molecular weight is 340 g/mol. The molecule has 6 N–H and O–H groups in total. The zero-order valence-corrected chi connectivity index (χ0v) is 13.2. The number of rotatable bonds is 7. The number of benzene rings is 1. The average Bonchev–Trinajstić information content (AvgIpc) is 2.92. The van der Waals surface area contributed by atoms with E-state index in [9.17, 15) is 25.1 Å². The van der Waals surface area contributed by atoms with Crippen molar-refractivity contribution in [2.75, 3.05) is 20.3 Å². The van der Waals surface area contributed by atoms with Crippen LogP contribution in [0.15, 0.2) is 18.2 Å². The van der Waals surface area contributed by atoms with Crippen LogP contribution in [0.4, 0.5) is 0 Å². The van der Waals surface area contributed by atoms with Gasteiger partial charge >= 0.3 is 7.12 Å². The van der Waals surface area contributed by atoms with Crippen LogP contribution in [0.25, 0.3) is 0 Å². The van der Waals surface area contributed by atoms with Gasteiger partial charge in [0.05, 0.1) is 26.9 Å². The molecule has 1 fully saturated rings. The number of hydroxylamine groups is 2. The van der Waals surface area contributed by atoms with Crippen LogP contribution in [-0.2, 0) is 16.2 Å². The number of nitrogens with two attached hydrogens (primary N) is 1. The zero-order chi connectivity index (χ0) is 17.9. The van der Waals surface area contributed by atoms with Crippen molar-refractivity contribution < 1.29 is 34.6 Å². The molecule has 0 spiro atoms. The number of aliphatic hydroxyl groups is 2. The number of hydrogen-bond acceptors (Lipinski definition) is 8. The summed E-state index contributed by atoms with van der Waals surface area (Å²) in [4.78, 5) is 17.3. The molecule has 132 valence electrons. The predicted octanol–water partition coefficient (Wildman–Crippen LogP) is -3.05. The van der Waals surface area contributed by atoms with Gasteiger partial charge in [0.15, 0.2) is 0 Å². The van der Waals surface area contributed by atoms with Gasteiger partial charge in [-0.1, -0.05) is 18.2 Å². The Hall–Kier alpha value is -1.69. The van der Waals surface area contributed by atoms with Gasteiger partial charge in [0.2, 0.25) is 5.91 Å². The highest BCUT2D eigenvalue weighted by Gasteiger charge is 2.46. The third-order valence-electron chi connectivity index (χ3n) is 4.08. The van der Waals surface area contributed by atoms with Crippen LogP contribution in [0.5, 0.6) is 5.75 Å². The van der Waals surface area contributed by atoms with Gasteiger partial charge in [-0.15, -0.1) is 0 Å². The molecule has 2 rings (SSSR count). The molecule has 1 aromatic rings. The minimum Gasteiger partial charge on any atom is -0.497 e. The summed E-state index contributed by atoms with van der Waals surface area (Å²) < 4.78 is 5.23. The lowest BCUT2D eigenvalue weighted by Gasteiger charge is -2.23. The van der Waals surface area contributed by atoms with E-state index in [1.165, 1.54) is 18.2 Å². The first kappa shape index (κ1) is 18.7. The topological polar surface area (TPSA) is 146 Å². The summed E-state index contributed by atoms with van der Waals surface area (Å²) in [5.74, 6) is -1.11. The minimum atomic E-state index is -1.72. The van der Waals surface area contributed by atoms with Gasteiger partial charge in [0, 0.05) is 16.9 Å². The Labute approximate surface area is 139 Å². The number of primary amides is 1. The number of methoxy groups -OCH3 is 1. The summed E-state index contributed by atoms with van der Waals surface area (Å²) in [5, 5.41) is 38.9. The molecule has 1 aliphatic rings. The molecule has 3 atom stereocenters. The van der Waals surface area contributed by atoms with Crippen molar-refractivity contribution in [1.82, 2.24) is 5.06 Å². The summed E-state index contributed by atoms with van der Waals surface area (Å²) in [6, 6.07) is 3.84. The van der Waals surface area contributed by atoms with E-state index in [0.717, 1.165) is 0 Å².